The maximum Gasteiger partial charge on any atom is 0.0468 e. The van der Waals surface area contributed by atoms with Gasteiger partial charge in [-0.25, -0.2) is 0 Å². The van der Waals surface area contributed by atoms with E-state index in [-0.39, 0.29) is 0 Å². The Hall–Kier alpha value is -0.120. The number of rotatable bonds is 5. The first-order valence-corrected chi connectivity index (χ1v) is 8.12. The van der Waals surface area contributed by atoms with Gasteiger partial charge in [-0.15, -0.1) is 0 Å². The van der Waals surface area contributed by atoms with Gasteiger partial charge in [0.25, 0.3) is 0 Å². The second-order valence-corrected chi connectivity index (χ2v) is 7.29. The number of ether oxygens (including phenoxy) is 1. The molecule has 0 spiro atoms. The molecule has 1 saturated carbocycles. The zero-order valence-electron chi connectivity index (χ0n) is 12.8. The fourth-order valence-corrected chi connectivity index (χ4v) is 3.61. The van der Waals surface area contributed by atoms with Crippen LogP contribution in [0.1, 0.15) is 52.4 Å². The molecule has 2 fully saturated rings. The number of hydrogen-bond acceptors (Lipinski definition) is 3. The molecule has 0 atom stereocenters. The maximum absolute atomic E-state index is 5.96. The van der Waals surface area contributed by atoms with Gasteiger partial charge in [-0.2, -0.15) is 0 Å². The molecular formula is C16H32N2O. The van der Waals surface area contributed by atoms with Crippen LogP contribution in [0.3, 0.4) is 0 Å². The summed E-state index contributed by atoms with van der Waals surface area (Å²) in [7, 11) is 0. The lowest BCUT2D eigenvalue weighted by Gasteiger charge is -2.37. The van der Waals surface area contributed by atoms with Gasteiger partial charge in [-0.3, -0.25) is 0 Å². The van der Waals surface area contributed by atoms with Gasteiger partial charge in [0.15, 0.2) is 0 Å². The van der Waals surface area contributed by atoms with Gasteiger partial charge in [0.05, 0.1) is 0 Å². The lowest BCUT2D eigenvalue weighted by atomic mass is 9.74. The van der Waals surface area contributed by atoms with Crippen LogP contribution in [-0.2, 0) is 4.74 Å². The lowest BCUT2D eigenvalue weighted by molar-refractivity contribution is 0.0224. The van der Waals surface area contributed by atoms with E-state index in [0.29, 0.717) is 11.5 Å². The van der Waals surface area contributed by atoms with E-state index in [0.717, 1.165) is 31.6 Å². The normalized spacial score (nSPS) is 30.5. The SMILES string of the molecule is CC(C)(CNCC1CCC(N)CC1)C1CCOCC1. The molecule has 1 aliphatic carbocycles. The van der Waals surface area contributed by atoms with E-state index in [1.54, 1.807) is 0 Å². The Bertz CT molecular complexity index is 253. The van der Waals surface area contributed by atoms with Crippen molar-refractivity contribution in [3.8, 4) is 0 Å². The Morgan fingerprint density at radius 1 is 1.05 bits per heavy atom. The van der Waals surface area contributed by atoms with E-state index in [9.17, 15) is 0 Å². The standard InChI is InChI=1S/C16H32N2O/c1-16(2,14-7-9-19-10-8-14)12-18-11-13-3-5-15(17)6-4-13/h13-15,18H,3-12,17H2,1-2H3. The topological polar surface area (TPSA) is 47.3 Å². The Morgan fingerprint density at radius 2 is 1.68 bits per heavy atom. The molecule has 3 heteroatoms. The summed E-state index contributed by atoms with van der Waals surface area (Å²) < 4.78 is 5.47. The van der Waals surface area contributed by atoms with Crippen LogP contribution in [0.5, 0.6) is 0 Å². The second kappa shape index (κ2) is 7.05. The quantitative estimate of drug-likeness (QED) is 0.805. The van der Waals surface area contributed by atoms with Crippen LogP contribution in [-0.4, -0.2) is 32.3 Å². The first kappa shape index (κ1) is 15.3. The van der Waals surface area contributed by atoms with E-state index in [4.69, 9.17) is 10.5 Å². The Balaban J connectivity index is 1.66. The van der Waals surface area contributed by atoms with Crippen LogP contribution in [0, 0.1) is 17.3 Å². The van der Waals surface area contributed by atoms with Gasteiger partial charge in [-0.05, 0) is 62.3 Å². The van der Waals surface area contributed by atoms with E-state index >= 15 is 0 Å². The Morgan fingerprint density at radius 3 is 2.32 bits per heavy atom. The van der Waals surface area contributed by atoms with Crippen LogP contribution in [0.15, 0.2) is 0 Å². The van der Waals surface area contributed by atoms with Crippen molar-refractivity contribution in [1.29, 1.82) is 0 Å². The largest absolute Gasteiger partial charge is 0.381 e. The average molecular weight is 268 g/mol. The minimum atomic E-state index is 0.398. The monoisotopic (exact) mass is 268 g/mol. The molecule has 0 bridgehead atoms. The van der Waals surface area contributed by atoms with Crippen molar-refractivity contribution in [3.63, 3.8) is 0 Å². The van der Waals surface area contributed by atoms with Crippen molar-refractivity contribution in [2.24, 2.45) is 23.0 Å². The third-order valence-electron chi connectivity index (χ3n) is 5.23. The molecule has 0 aromatic heterocycles. The van der Waals surface area contributed by atoms with Crippen molar-refractivity contribution in [3.05, 3.63) is 0 Å². The predicted molar refractivity (Wildman–Crippen MR) is 80.1 cm³/mol. The first-order valence-electron chi connectivity index (χ1n) is 8.12. The molecule has 3 N–H and O–H groups in total. The molecule has 0 amide bonds. The minimum absolute atomic E-state index is 0.398. The van der Waals surface area contributed by atoms with Crippen molar-refractivity contribution in [2.75, 3.05) is 26.3 Å². The molecule has 112 valence electrons. The highest BCUT2D eigenvalue weighted by Gasteiger charge is 2.30. The summed E-state index contributed by atoms with van der Waals surface area (Å²) in [6.07, 6.45) is 7.52. The van der Waals surface area contributed by atoms with Crippen LogP contribution in [0.2, 0.25) is 0 Å². The summed E-state index contributed by atoms with van der Waals surface area (Å²) in [4.78, 5) is 0. The summed E-state index contributed by atoms with van der Waals surface area (Å²) in [5.41, 5.74) is 6.36. The Labute approximate surface area is 118 Å². The summed E-state index contributed by atoms with van der Waals surface area (Å²) in [5, 5.41) is 3.73. The van der Waals surface area contributed by atoms with Gasteiger partial charge >= 0.3 is 0 Å². The van der Waals surface area contributed by atoms with E-state index in [2.05, 4.69) is 19.2 Å². The fraction of sp³-hybridized carbons (Fsp3) is 1.00. The number of hydrogen-bond donors (Lipinski definition) is 2. The minimum Gasteiger partial charge on any atom is -0.381 e. The molecule has 0 radical (unpaired) electrons. The summed E-state index contributed by atoms with van der Waals surface area (Å²) in [6, 6.07) is 0.468. The highest BCUT2D eigenvalue weighted by molar-refractivity contribution is 4.83. The highest BCUT2D eigenvalue weighted by atomic mass is 16.5. The zero-order chi connectivity index (χ0) is 13.7. The van der Waals surface area contributed by atoms with Crippen molar-refractivity contribution < 1.29 is 4.74 Å². The average Bonchev–Trinajstić information content (AvgIpc) is 2.42. The molecule has 19 heavy (non-hydrogen) atoms. The predicted octanol–water partition coefficient (Wildman–Crippen LogP) is 2.55. The number of nitrogens with one attached hydrogen (secondary N) is 1. The van der Waals surface area contributed by atoms with Gasteiger partial charge in [-0.1, -0.05) is 13.8 Å². The van der Waals surface area contributed by atoms with E-state index < -0.39 is 0 Å². The zero-order valence-corrected chi connectivity index (χ0v) is 12.8. The van der Waals surface area contributed by atoms with E-state index in [1.807, 2.05) is 0 Å². The highest BCUT2D eigenvalue weighted by Crippen LogP contribution is 2.34. The van der Waals surface area contributed by atoms with Crippen molar-refractivity contribution in [2.45, 2.75) is 58.4 Å². The molecule has 3 nitrogen and oxygen atoms in total. The summed E-state index contributed by atoms with van der Waals surface area (Å²) >= 11 is 0. The summed E-state index contributed by atoms with van der Waals surface area (Å²) in [5.74, 6) is 1.67. The smallest absolute Gasteiger partial charge is 0.0468 e. The molecule has 2 aliphatic rings. The van der Waals surface area contributed by atoms with Gasteiger partial charge in [0.1, 0.15) is 0 Å². The van der Waals surface area contributed by atoms with Gasteiger partial charge in [0, 0.05) is 25.8 Å². The summed E-state index contributed by atoms with van der Waals surface area (Å²) in [6.45, 7) is 9.04. The Kier molecular flexibility index (Phi) is 5.67. The van der Waals surface area contributed by atoms with Gasteiger partial charge in [0.2, 0.25) is 0 Å². The maximum atomic E-state index is 5.96. The third-order valence-corrected chi connectivity index (χ3v) is 5.23. The first-order chi connectivity index (χ1) is 9.08. The number of nitrogens with two attached hydrogens (primary N) is 1. The lowest BCUT2D eigenvalue weighted by Crippen LogP contribution is -2.40. The van der Waals surface area contributed by atoms with Crippen molar-refractivity contribution >= 4 is 0 Å². The van der Waals surface area contributed by atoms with Crippen LogP contribution in [0.25, 0.3) is 0 Å². The molecule has 1 aliphatic heterocycles. The molecule has 0 aromatic rings. The van der Waals surface area contributed by atoms with Crippen LogP contribution >= 0.6 is 0 Å². The van der Waals surface area contributed by atoms with Gasteiger partial charge < -0.3 is 15.8 Å². The molecule has 1 saturated heterocycles. The molecular weight excluding hydrogens is 236 g/mol. The van der Waals surface area contributed by atoms with Crippen molar-refractivity contribution in [1.82, 2.24) is 5.32 Å². The molecule has 0 unspecified atom stereocenters. The van der Waals surface area contributed by atoms with E-state index in [1.165, 1.54) is 45.1 Å². The third kappa shape index (κ3) is 4.73. The molecule has 0 aromatic carbocycles. The molecule has 2 rings (SSSR count). The molecule has 1 heterocycles. The van der Waals surface area contributed by atoms with Crippen LogP contribution in [0.4, 0.5) is 0 Å². The van der Waals surface area contributed by atoms with Crippen LogP contribution < -0.4 is 11.1 Å². The second-order valence-electron chi connectivity index (χ2n) is 7.29. The fourth-order valence-electron chi connectivity index (χ4n) is 3.61.